The first kappa shape index (κ1) is 18.1. The second-order valence-corrected chi connectivity index (χ2v) is 7.66. The molecule has 1 aromatic carbocycles. The van der Waals surface area contributed by atoms with Crippen molar-refractivity contribution < 1.29 is 14.7 Å². The number of hydrogen-bond donors (Lipinski definition) is 2. The Morgan fingerprint density at radius 1 is 1.33 bits per heavy atom. The fourth-order valence-electron chi connectivity index (χ4n) is 2.13. The number of nitrogens with one attached hydrogen (secondary N) is 1. The highest BCUT2D eigenvalue weighted by Crippen LogP contribution is 2.26. The normalized spacial score (nSPS) is 12.7. The number of carbonyl (C=O) groups excluding carboxylic acids is 1. The lowest BCUT2D eigenvalue weighted by molar-refractivity contribution is -0.138. The Hall–Kier alpha value is -2.21. The molecular formula is C18H22N2O3S. The maximum Gasteiger partial charge on any atom is 0.310 e. The zero-order valence-electron chi connectivity index (χ0n) is 14.3. The van der Waals surface area contributed by atoms with Gasteiger partial charge < -0.3 is 10.4 Å². The third-order valence-corrected chi connectivity index (χ3v) is 4.89. The van der Waals surface area contributed by atoms with Crippen molar-refractivity contribution in [2.45, 2.75) is 45.4 Å². The molecule has 0 radical (unpaired) electrons. The Morgan fingerprint density at radius 3 is 2.62 bits per heavy atom. The molecule has 0 spiro atoms. The van der Waals surface area contributed by atoms with Crippen molar-refractivity contribution in [3.8, 4) is 0 Å². The van der Waals surface area contributed by atoms with Crippen molar-refractivity contribution in [1.82, 2.24) is 4.98 Å². The molecule has 2 N–H and O–H groups in total. The van der Waals surface area contributed by atoms with Crippen LogP contribution in [0.3, 0.4) is 0 Å². The monoisotopic (exact) mass is 346 g/mol. The molecule has 1 atom stereocenters. The maximum atomic E-state index is 12.2. The minimum absolute atomic E-state index is 0.0271. The molecule has 128 valence electrons. The number of thiazole rings is 1. The van der Waals surface area contributed by atoms with Crippen LogP contribution < -0.4 is 5.32 Å². The van der Waals surface area contributed by atoms with Crippen molar-refractivity contribution in [2.24, 2.45) is 0 Å². The molecule has 0 fully saturated rings. The average Bonchev–Trinajstić information content (AvgIpc) is 2.95. The van der Waals surface area contributed by atoms with Crippen LogP contribution in [0.5, 0.6) is 0 Å². The predicted octanol–water partition coefficient (Wildman–Crippen LogP) is 3.81. The van der Waals surface area contributed by atoms with E-state index < -0.39 is 11.9 Å². The van der Waals surface area contributed by atoms with Crippen molar-refractivity contribution in [3.05, 3.63) is 45.9 Å². The van der Waals surface area contributed by atoms with E-state index in [2.05, 4.69) is 31.1 Å². The SMILES string of the molecule is CC(C(=O)O)c1cccc(NC(=O)Cc2csc(C(C)(C)C)n2)c1. The van der Waals surface area contributed by atoms with E-state index in [9.17, 15) is 9.59 Å². The van der Waals surface area contributed by atoms with E-state index in [0.29, 0.717) is 11.3 Å². The van der Waals surface area contributed by atoms with Gasteiger partial charge in [0.2, 0.25) is 5.91 Å². The van der Waals surface area contributed by atoms with Crippen LogP contribution >= 0.6 is 11.3 Å². The summed E-state index contributed by atoms with van der Waals surface area (Å²) in [6.07, 6.45) is 0.200. The van der Waals surface area contributed by atoms with Gasteiger partial charge in [-0.05, 0) is 24.6 Å². The van der Waals surface area contributed by atoms with Crippen molar-refractivity contribution in [3.63, 3.8) is 0 Å². The minimum atomic E-state index is -0.893. The van der Waals surface area contributed by atoms with Gasteiger partial charge in [-0.3, -0.25) is 9.59 Å². The molecule has 5 nitrogen and oxygen atoms in total. The van der Waals surface area contributed by atoms with Crippen LogP contribution in [-0.2, 0) is 21.4 Å². The number of rotatable bonds is 5. The third-order valence-electron chi connectivity index (χ3n) is 3.58. The second-order valence-electron chi connectivity index (χ2n) is 6.80. The van der Waals surface area contributed by atoms with Crippen LogP contribution in [0.4, 0.5) is 5.69 Å². The molecule has 1 heterocycles. The van der Waals surface area contributed by atoms with Crippen molar-refractivity contribution in [1.29, 1.82) is 0 Å². The fraction of sp³-hybridized carbons (Fsp3) is 0.389. The van der Waals surface area contributed by atoms with Crippen LogP contribution in [0.25, 0.3) is 0 Å². The number of aromatic nitrogens is 1. The number of hydrogen-bond acceptors (Lipinski definition) is 4. The number of aliphatic carboxylic acids is 1. The van der Waals surface area contributed by atoms with Crippen molar-refractivity contribution in [2.75, 3.05) is 5.32 Å². The smallest absolute Gasteiger partial charge is 0.310 e. The first-order chi connectivity index (χ1) is 11.2. The molecular weight excluding hydrogens is 324 g/mol. The number of carboxylic acid groups (broad SMARTS) is 1. The van der Waals surface area contributed by atoms with Crippen molar-refractivity contribution >= 4 is 28.9 Å². The minimum Gasteiger partial charge on any atom is -0.481 e. The first-order valence-corrected chi connectivity index (χ1v) is 8.62. The Kier molecular flexibility index (Phi) is 5.39. The van der Waals surface area contributed by atoms with Crippen LogP contribution in [0.2, 0.25) is 0 Å². The van der Waals surface area contributed by atoms with E-state index in [1.165, 1.54) is 0 Å². The average molecular weight is 346 g/mol. The molecule has 0 aliphatic rings. The third kappa shape index (κ3) is 4.64. The van der Waals surface area contributed by atoms with E-state index in [0.717, 1.165) is 10.7 Å². The number of nitrogens with zero attached hydrogens (tertiary/aromatic N) is 1. The standard InChI is InChI=1S/C18H22N2O3S/c1-11(16(22)23)12-6-5-7-13(8-12)19-15(21)9-14-10-24-17(20-14)18(2,3)4/h5-8,10-11H,9H2,1-4H3,(H,19,21)(H,22,23). The molecule has 0 saturated carbocycles. The topological polar surface area (TPSA) is 79.3 Å². The van der Waals surface area contributed by atoms with Crippen LogP contribution in [0.1, 0.15) is 49.9 Å². The molecule has 0 aliphatic carbocycles. The molecule has 6 heteroatoms. The highest BCUT2D eigenvalue weighted by Gasteiger charge is 2.19. The molecule has 0 aliphatic heterocycles. The van der Waals surface area contributed by atoms with Crippen LogP contribution in [0, 0.1) is 0 Å². The predicted molar refractivity (Wildman–Crippen MR) is 95.6 cm³/mol. The summed E-state index contributed by atoms with van der Waals surface area (Å²) in [6.45, 7) is 7.88. The van der Waals surface area contributed by atoms with E-state index >= 15 is 0 Å². The quantitative estimate of drug-likeness (QED) is 0.863. The van der Waals surface area contributed by atoms with Crippen LogP contribution in [-0.4, -0.2) is 22.0 Å². The highest BCUT2D eigenvalue weighted by molar-refractivity contribution is 7.09. The molecule has 1 unspecified atom stereocenters. The number of anilines is 1. The lowest BCUT2D eigenvalue weighted by Crippen LogP contribution is -2.16. The van der Waals surface area contributed by atoms with Gasteiger partial charge in [-0.1, -0.05) is 32.9 Å². The van der Waals surface area contributed by atoms with Gasteiger partial charge >= 0.3 is 5.97 Å². The van der Waals surface area contributed by atoms with E-state index in [4.69, 9.17) is 5.11 Å². The Balaban J connectivity index is 2.04. The fourth-order valence-corrected chi connectivity index (χ4v) is 3.04. The summed E-state index contributed by atoms with van der Waals surface area (Å²) < 4.78 is 0. The van der Waals surface area contributed by atoms with Gasteiger partial charge in [0.1, 0.15) is 0 Å². The second kappa shape index (κ2) is 7.13. The van der Waals surface area contributed by atoms with E-state index in [1.807, 2.05) is 5.38 Å². The molecule has 1 aromatic heterocycles. The number of benzene rings is 1. The number of carboxylic acids is 1. The maximum absolute atomic E-state index is 12.2. The molecule has 2 aromatic rings. The zero-order chi connectivity index (χ0) is 17.9. The van der Waals surface area contributed by atoms with Crippen LogP contribution in [0.15, 0.2) is 29.6 Å². The van der Waals surface area contributed by atoms with Gasteiger partial charge in [0.05, 0.1) is 23.0 Å². The van der Waals surface area contributed by atoms with Gasteiger partial charge in [0.15, 0.2) is 0 Å². The summed E-state index contributed by atoms with van der Waals surface area (Å²) in [7, 11) is 0. The Bertz CT molecular complexity index is 747. The molecule has 24 heavy (non-hydrogen) atoms. The molecule has 0 saturated heterocycles. The lowest BCUT2D eigenvalue weighted by Gasteiger charge is -2.13. The summed E-state index contributed by atoms with van der Waals surface area (Å²) in [5.74, 6) is -1.67. The van der Waals surface area contributed by atoms with Gasteiger partial charge in [-0.25, -0.2) is 4.98 Å². The van der Waals surface area contributed by atoms with Gasteiger partial charge in [-0.15, -0.1) is 11.3 Å². The Morgan fingerprint density at radius 2 is 2.04 bits per heavy atom. The van der Waals surface area contributed by atoms with E-state index in [-0.39, 0.29) is 17.7 Å². The number of carbonyl (C=O) groups is 2. The van der Waals surface area contributed by atoms with Gasteiger partial charge in [0, 0.05) is 16.5 Å². The highest BCUT2D eigenvalue weighted by atomic mass is 32.1. The summed E-state index contributed by atoms with van der Waals surface area (Å²) in [6, 6.07) is 6.92. The summed E-state index contributed by atoms with van der Waals surface area (Å²) in [4.78, 5) is 27.8. The number of amides is 1. The molecule has 2 rings (SSSR count). The largest absolute Gasteiger partial charge is 0.481 e. The van der Waals surface area contributed by atoms with E-state index in [1.54, 1.807) is 42.5 Å². The Labute approximate surface area is 145 Å². The lowest BCUT2D eigenvalue weighted by atomic mass is 9.98. The molecule has 1 amide bonds. The summed E-state index contributed by atoms with van der Waals surface area (Å²) in [5, 5.41) is 14.8. The summed E-state index contributed by atoms with van der Waals surface area (Å²) in [5.41, 5.74) is 1.97. The zero-order valence-corrected chi connectivity index (χ0v) is 15.1. The first-order valence-electron chi connectivity index (χ1n) is 7.74. The summed E-state index contributed by atoms with van der Waals surface area (Å²) >= 11 is 1.56. The van der Waals surface area contributed by atoms with Gasteiger partial charge in [0.25, 0.3) is 0 Å². The molecule has 0 bridgehead atoms. The van der Waals surface area contributed by atoms with Gasteiger partial charge in [-0.2, -0.15) is 0 Å².